The van der Waals surface area contributed by atoms with Crippen LogP contribution in [0.15, 0.2) is 0 Å². The van der Waals surface area contributed by atoms with Crippen molar-refractivity contribution in [2.45, 2.75) is 46.5 Å². The summed E-state index contributed by atoms with van der Waals surface area (Å²) in [7, 11) is 0. The molecule has 0 aromatic heterocycles. The molecule has 1 aliphatic rings. The second kappa shape index (κ2) is 2.86. The Morgan fingerprint density at radius 2 is 1.64 bits per heavy atom. The monoisotopic (exact) mass is 212 g/mol. The van der Waals surface area contributed by atoms with Gasteiger partial charge in [-0.15, -0.1) is 0 Å². The Labute approximate surface area is 81.7 Å². The predicted octanol–water partition coefficient (Wildman–Crippen LogP) is 3.96. The van der Waals surface area contributed by atoms with Crippen LogP contribution >= 0.6 is 0 Å². The molecule has 3 atom stereocenters. The van der Waals surface area contributed by atoms with Crippen molar-refractivity contribution in [2.75, 3.05) is 0 Å². The van der Waals surface area contributed by atoms with Crippen molar-refractivity contribution in [3.63, 3.8) is 0 Å². The Balaban J connectivity index is 2.97. The molecule has 0 radical (unpaired) electrons. The van der Waals surface area contributed by atoms with Gasteiger partial charge in [-0.2, -0.15) is 13.2 Å². The molecule has 3 unspecified atom stereocenters. The summed E-state index contributed by atoms with van der Waals surface area (Å²) in [6.07, 6.45) is -5.40. The molecule has 0 aliphatic heterocycles. The minimum Gasteiger partial charge on any atom is -0.246 e. The number of halogens is 4. The van der Waals surface area contributed by atoms with Gasteiger partial charge in [0.15, 0.2) is 0 Å². The van der Waals surface area contributed by atoms with E-state index in [1.165, 1.54) is 0 Å². The zero-order valence-corrected chi connectivity index (χ0v) is 8.87. The van der Waals surface area contributed by atoms with E-state index in [0.717, 1.165) is 6.92 Å². The maximum absolute atomic E-state index is 13.5. The van der Waals surface area contributed by atoms with Crippen LogP contribution in [-0.2, 0) is 0 Å². The van der Waals surface area contributed by atoms with Gasteiger partial charge in [-0.25, -0.2) is 4.39 Å². The summed E-state index contributed by atoms with van der Waals surface area (Å²) in [6.45, 7) is 5.86. The highest BCUT2D eigenvalue weighted by atomic mass is 19.4. The normalized spacial score (nSPS) is 38.1. The van der Waals surface area contributed by atoms with Crippen LogP contribution in [0.5, 0.6) is 0 Å². The van der Waals surface area contributed by atoms with E-state index in [1.807, 2.05) is 0 Å². The highest BCUT2D eigenvalue weighted by Crippen LogP contribution is 2.73. The Hall–Kier alpha value is -0.280. The van der Waals surface area contributed by atoms with E-state index in [0.29, 0.717) is 0 Å². The first kappa shape index (κ1) is 11.8. The smallest absolute Gasteiger partial charge is 0.246 e. The van der Waals surface area contributed by atoms with Crippen LogP contribution in [-0.4, -0.2) is 12.3 Å². The van der Waals surface area contributed by atoms with Gasteiger partial charge in [0.25, 0.3) is 0 Å². The molecule has 0 heterocycles. The van der Waals surface area contributed by atoms with Gasteiger partial charge in [0.05, 0.1) is 5.92 Å². The Morgan fingerprint density at radius 3 is 1.71 bits per heavy atom. The predicted molar refractivity (Wildman–Crippen MR) is 46.6 cm³/mol. The second-order valence-corrected chi connectivity index (χ2v) is 4.74. The molecular formula is C10H16F4. The molecule has 0 spiro atoms. The quantitative estimate of drug-likeness (QED) is 0.608. The van der Waals surface area contributed by atoms with Crippen molar-refractivity contribution in [2.24, 2.45) is 16.7 Å². The topological polar surface area (TPSA) is 0 Å². The van der Waals surface area contributed by atoms with Crippen LogP contribution in [0, 0.1) is 16.7 Å². The zero-order chi connectivity index (χ0) is 11.4. The van der Waals surface area contributed by atoms with Crippen LogP contribution in [0.4, 0.5) is 17.6 Å². The molecular weight excluding hydrogens is 196 g/mol. The second-order valence-electron chi connectivity index (χ2n) is 4.74. The first-order valence-electron chi connectivity index (χ1n) is 4.83. The maximum Gasteiger partial charge on any atom is 0.392 e. The van der Waals surface area contributed by atoms with Gasteiger partial charge in [0, 0.05) is 10.8 Å². The molecule has 4 heteroatoms. The van der Waals surface area contributed by atoms with Gasteiger partial charge in [-0.05, 0) is 6.42 Å². The lowest BCUT2D eigenvalue weighted by Crippen LogP contribution is -2.32. The number of alkyl halides is 4. The van der Waals surface area contributed by atoms with Crippen LogP contribution in [0.25, 0.3) is 0 Å². The van der Waals surface area contributed by atoms with Gasteiger partial charge >= 0.3 is 6.18 Å². The van der Waals surface area contributed by atoms with Crippen molar-refractivity contribution >= 4 is 0 Å². The summed E-state index contributed by atoms with van der Waals surface area (Å²) < 4.78 is 51.1. The Morgan fingerprint density at radius 1 is 1.29 bits per heavy atom. The fourth-order valence-corrected chi connectivity index (χ4v) is 2.83. The lowest BCUT2D eigenvalue weighted by Gasteiger charge is -2.27. The lowest BCUT2D eigenvalue weighted by molar-refractivity contribution is -0.193. The molecule has 1 saturated carbocycles. The molecule has 0 aromatic carbocycles. The highest BCUT2D eigenvalue weighted by Gasteiger charge is 2.77. The van der Waals surface area contributed by atoms with Crippen molar-refractivity contribution in [3.8, 4) is 0 Å². The summed E-state index contributed by atoms with van der Waals surface area (Å²) in [6, 6.07) is 0. The average Bonchev–Trinajstić information content (AvgIpc) is 2.45. The summed E-state index contributed by atoms with van der Waals surface area (Å²) in [5, 5.41) is 0. The van der Waals surface area contributed by atoms with Crippen LogP contribution in [0.3, 0.4) is 0 Å². The van der Waals surface area contributed by atoms with E-state index >= 15 is 0 Å². The van der Waals surface area contributed by atoms with Crippen LogP contribution in [0.2, 0.25) is 0 Å². The molecule has 0 aromatic rings. The van der Waals surface area contributed by atoms with Gasteiger partial charge in [0.2, 0.25) is 0 Å². The Kier molecular flexibility index (Phi) is 2.41. The van der Waals surface area contributed by atoms with Crippen LogP contribution in [0.1, 0.15) is 34.1 Å². The maximum atomic E-state index is 13.5. The highest BCUT2D eigenvalue weighted by molar-refractivity contribution is 5.20. The molecule has 0 amide bonds. The largest absolute Gasteiger partial charge is 0.392 e. The van der Waals surface area contributed by atoms with Crippen molar-refractivity contribution in [3.05, 3.63) is 0 Å². The summed E-state index contributed by atoms with van der Waals surface area (Å²) in [5.74, 6) is -1.56. The summed E-state index contributed by atoms with van der Waals surface area (Å²) >= 11 is 0. The van der Waals surface area contributed by atoms with E-state index in [1.54, 1.807) is 20.8 Å². The molecule has 14 heavy (non-hydrogen) atoms. The lowest BCUT2D eigenvalue weighted by atomic mass is 9.81. The SMILES string of the molecule is CCC1(C(C)C(F)(F)F)C(F)C1(C)C. The number of rotatable bonds is 2. The minimum absolute atomic E-state index is 0.238. The van der Waals surface area contributed by atoms with Gasteiger partial charge in [-0.1, -0.05) is 27.7 Å². The standard InChI is InChI=1S/C10H16F4/c1-5-9(6(2)10(12,13)14)7(11)8(9,3)4/h6-7H,5H2,1-4H3. The van der Waals surface area contributed by atoms with Crippen LogP contribution < -0.4 is 0 Å². The molecule has 1 fully saturated rings. The first-order valence-corrected chi connectivity index (χ1v) is 4.83. The minimum atomic E-state index is -4.30. The van der Waals surface area contributed by atoms with Gasteiger partial charge < -0.3 is 0 Å². The van der Waals surface area contributed by atoms with E-state index in [9.17, 15) is 17.6 Å². The summed E-state index contributed by atoms with van der Waals surface area (Å²) in [4.78, 5) is 0. The van der Waals surface area contributed by atoms with Crippen molar-refractivity contribution in [1.82, 2.24) is 0 Å². The van der Waals surface area contributed by atoms with E-state index < -0.39 is 29.1 Å². The van der Waals surface area contributed by atoms with Crippen molar-refractivity contribution in [1.29, 1.82) is 0 Å². The number of hydrogen-bond acceptors (Lipinski definition) is 0. The average molecular weight is 212 g/mol. The summed E-state index contributed by atoms with van der Waals surface area (Å²) in [5.41, 5.74) is -2.04. The third-order valence-electron chi connectivity index (χ3n) is 4.05. The van der Waals surface area contributed by atoms with E-state index in [-0.39, 0.29) is 6.42 Å². The molecule has 1 rings (SSSR count). The van der Waals surface area contributed by atoms with Crippen molar-refractivity contribution < 1.29 is 17.6 Å². The fourth-order valence-electron chi connectivity index (χ4n) is 2.83. The zero-order valence-electron chi connectivity index (χ0n) is 8.87. The van der Waals surface area contributed by atoms with E-state index in [4.69, 9.17) is 0 Å². The molecule has 84 valence electrons. The van der Waals surface area contributed by atoms with Gasteiger partial charge in [0.1, 0.15) is 6.17 Å². The molecule has 0 nitrogen and oxygen atoms in total. The number of hydrogen-bond donors (Lipinski definition) is 0. The molecule has 1 aliphatic carbocycles. The molecule has 0 N–H and O–H groups in total. The van der Waals surface area contributed by atoms with Gasteiger partial charge in [-0.3, -0.25) is 0 Å². The van der Waals surface area contributed by atoms with E-state index in [2.05, 4.69) is 0 Å². The molecule has 0 bridgehead atoms. The Bertz CT molecular complexity index is 231. The third kappa shape index (κ3) is 1.18. The third-order valence-corrected chi connectivity index (χ3v) is 4.05. The molecule has 0 saturated heterocycles. The fraction of sp³-hybridized carbons (Fsp3) is 1.00. The first-order chi connectivity index (χ1) is 6.12.